The molecule has 1 rings (SSSR count). The van der Waals surface area contributed by atoms with Gasteiger partial charge in [0.15, 0.2) is 0 Å². The summed E-state index contributed by atoms with van der Waals surface area (Å²) in [6.07, 6.45) is -0.663. The van der Waals surface area contributed by atoms with Crippen LogP contribution >= 0.6 is 15.9 Å². The third-order valence-corrected chi connectivity index (χ3v) is 1.42. The summed E-state index contributed by atoms with van der Waals surface area (Å²) in [5, 5.41) is 22.0. The van der Waals surface area contributed by atoms with Crippen molar-refractivity contribution >= 4 is 15.9 Å². The van der Waals surface area contributed by atoms with Gasteiger partial charge < -0.3 is 5.11 Å². The summed E-state index contributed by atoms with van der Waals surface area (Å²) in [4.78, 5) is 0. The van der Waals surface area contributed by atoms with Crippen LogP contribution in [0.3, 0.4) is 0 Å². The van der Waals surface area contributed by atoms with Gasteiger partial charge in [0.1, 0.15) is 6.10 Å². The molecular weight excluding hydrogens is 188 g/mol. The van der Waals surface area contributed by atoms with E-state index in [9.17, 15) is 0 Å². The topological polar surface area (TPSA) is 74.7 Å². The van der Waals surface area contributed by atoms with Crippen LogP contribution in [0.15, 0.2) is 0 Å². The normalized spacial score (nSPS) is 13.6. The van der Waals surface area contributed by atoms with Gasteiger partial charge in [-0.3, -0.25) is 0 Å². The Morgan fingerprint density at radius 2 is 2.56 bits per heavy atom. The number of aromatic nitrogens is 4. The smallest absolute Gasteiger partial charge is 0.203 e. The van der Waals surface area contributed by atoms with Crippen LogP contribution in [0.5, 0.6) is 0 Å². The van der Waals surface area contributed by atoms with E-state index in [0.717, 1.165) is 0 Å². The maximum atomic E-state index is 8.99. The number of halogens is 1. The fourth-order valence-electron chi connectivity index (χ4n) is 0.380. The molecule has 1 atom stereocenters. The highest BCUT2D eigenvalue weighted by Crippen LogP contribution is 2.06. The standard InChI is InChI=1S/C3H5BrN4O/c4-1-2(9)3-5-7-8-6-3/h2,9H,1H2,(H,5,6,7,8). The predicted octanol–water partition coefficient (Wildman–Crippen LogP) is -0.372. The summed E-state index contributed by atoms with van der Waals surface area (Å²) in [7, 11) is 0. The van der Waals surface area contributed by atoms with Crippen molar-refractivity contribution in [2.45, 2.75) is 6.10 Å². The summed E-state index contributed by atoms with van der Waals surface area (Å²) in [6, 6.07) is 0. The van der Waals surface area contributed by atoms with Gasteiger partial charge >= 0.3 is 0 Å². The molecule has 6 heteroatoms. The molecule has 0 radical (unpaired) electrons. The van der Waals surface area contributed by atoms with E-state index >= 15 is 0 Å². The molecule has 1 heterocycles. The molecule has 0 aromatic carbocycles. The molecule has 1 unspecified atom stereocenters. The maximum absolute atomic E-state index is 8.99. The van der Waals surface area contributed by atoms with E-state index in [-0.39, 0.29) is 0 Å². The van der Waals surface area contributed by atoms with Crippen LogP contribution in [0.4, 0.5) is 0 Å². The number of nitrogens with one attached hydrogen (secondary N) is 1. The Kier molecular flexibility index (Phi) is 2.12. The van der Waals surface area contributed by atoms with E-state index in [1.54, 1.807) is 0 Å². The third-order valence-electron chi connectivity index (χ3n) is 0.806. The molecule has 1 aromatic rings. The Morgan fingerprint density at radius 3 is 3.00 bits per heavy atom. The van der Waals surface area contributed by atoms with Gasteiger partial charge in [0, 0.05) is 5.33 Å². The first-order valence-corrected chi connectivity index (χ1v) is 3.44. The van der Waals surface area contributed by atoms with Crippen molar-refractivity contribution in [1.29, 1.82) is 0 Å². The first-order chi connectivity index (χ1) is 4.34. The van der Waals surface area contributed by atoms with E-state index in [4.69, 9.17) is 5.11 Å². The van der Waals surface area contributed by atoms with Crippen molar-refractivity contribution in [3.63, 3.8) is 0 Å². The molecule has 0 fully saturated rings. The fourth-order valence-corrected chi connectivity index (χ4v) is 0.669. The van der Waals surface area contributed by atoms with E-state index in [2.05, 4.69) is 36.6 Å². The molecule has 0 aliphatic carbocycles. The number of hydrogen-bond acceptors (Lipinski definition) is 4. The highest BCUT2D eigenvalue weighted by Gasteiger charge is 2.08. The number of aliphatic hydroxyl groups excluding tert-OH is 1. The lowest BCUT2D eigenvalue weighted by Crippen LogP contribution is -2.00. The Hall–Kier alpha value is -0.490. The molecule has 0 spiro atoms. The maximum Gasteiger partial charge on any atom is 0.203 e. The number of nitrogens with zero attached hydrogens (tertiary/aromatic N) is 3. The molecule has 9 heavy (non-hydrogen) atoms. The molecule has 0 aliphatic rings. The molecule has 0 amide bonds. The van der Waals surface area contributed by atoms with Crippen LogP contribution in [0, 0.1) is 0 Å². The van der Waals surface area contributed by atoms with Gasteiger partial charge in [0.05, 0.1) is 0 Å². The molecule has 0 saturated carbocycles. The van der Waals surface area contributed by atoms with Crippen LogP contribution in [0.2, 0.25) is 0 Å². The minimum Gasteiger partial charge on any atom is -0.384 e. The highest BCUT2D eigenvalue weighted by molar-refractivity contribution is 9.09. The summed E-state index contributed by atoms with van der Waals surface area (Å²) >= 11 is 3.06. The Morgan fingerprint density at radius 1 is 1.78 bits per heavy atom. The second-order valence-corrected chi connectivity index (χ2v) is 2.09. The number of alkyl halides is 1. The molecule has 50 valence electrons. The Balaban J connectivity index is 2.65. The number of aromatic amines is 1. The van der Waals surface area contributed by atoms with Crippen LogP contribution in [0.25, 0.3) is 0 Å². The molecule has 2 N–H and O–H groups in total. The van der Waals surface area contributed by atoms with E-state index in [1.807, 2.05) is 0 Å². The van der Waals surface area contributed by atoms with E-state index < -0.39 is 6.10 Å². The van der Waals surface area contributed by atoms with Gasteiger partial charge in [0.25, 0.3) is 0 Å². The monoisotopic (exact) mass is 192 g/mol. The van der Waals surface area contributed by atoms with Gasteiger partial charge in [-0.1, -0.05) is 21.1 Å². The second kappa shape index (κ2) is 2.88. The first-order valence-electron chi connectivity index (χ1n) is 2.32. The molecule has 0 bridgehead atoms. The van der Waals surface area contributed by atoms with Gasteiger partial charge in [-0.2, -0.15) is 5.21 Å². The van der Waals surface area contributed by atoms with E-state index in [1.165, 1.54) is 0 Å². The Labute approximate surface area is 59.6 Å². The fraction of sp³-hybridized carbons (Fsp3) is 0.667. The number of H-pyrrole nitrogens is 1. The lowest BCUT2D eigenvalue weighted by molar-refractivity contribution is 0.195. The Bertz CT molecular complexity index is 164. The minimum absolute atomic E-state index is 0.312. The van der Waals surface area contributed by atoms with Gasteiger partial charge in [0.2, 0.25) is 5.82 Å². The summed E-state index contributed by atoms with van der Waals surface area (Å²) in [6.45, 7) is 0. The zero-order chi connectivity index (χ0) is 6.69. The molecule has 5 nitrogen and oxygen atoms in total. The molecule has 1 aromatic heterocycles. The number of tetrazole rings is 1. The van der Waals surface area contributed by atoms with Crippen LogP contribution in [-0.2, 0) is 0 Å². The lowest BCUT2D eigenvalue weighted by atomic mass is 10.4. The van der Waals surface area contributed by atoms with Crippen LogP contribution < -0.4 is 0 Å². The van der Waals surface area contributed by atoms with Crippen molar-refractivity contribution in [2.24, 2.45) is 0 Å². The SMILES string of the molecule is OC(CBr)c1nn[nH]n1. The average Bonchev–Trinajstić information content (AvgIpc) is 2.37. The van der Waals surface area contributed by atoms with Gasteiger partial charge in [-0.05, 0) is 0 Å². The zero-order valence-corrected chi connectivity index (χ0v) is 6.04. The first kappa shape index (κ1) is 6.63. The summed E-state index contributed by atoms with van der Waals surface area (Å²) in [5.41, 5.74) is 0. The van der Waals surface area contributed by atoms with Crippen molar-refractivity contribution in [1.82, 2.24) is 20.6 Å². The van der Waals surface area contributed by atoms with Crippen LogP contribution in [-0.4, -0.2) is 31.1 Å². The predicted molar refractivity (Wildman–Crippen MR) is 32.9 cm³/mol. The second-order valence-electron chi connectivity index (χ2n) is 1.44. The average molecular weight is 193 g/mol. The summed E-state index contributed by atoms with van der Waals surface area (Å²) in [5.74, 6) is 0.312. The van der Waals surface area contributed by atoms with Gasteiger partial charge in [-0.15, -0.1) is 10.2 Å². The number of aliphatic hydroxyl groups is 1. The zero-order valence-electron chi connectivity index (χ0n) is 4.45. The number of rotatable bonds is 2. The lowest BCUT2D eigenvalue weighted by Gasteiger charge is -1.95. The summed E-state index contributed by atoms with van der Waals surface area (Å²) < 4.78 is 0. The molecular formula is C3H5BrN4O. The van der Waals surface area contributed by atoms with Crippen molar-refractivity contribution in [2.75, 3.05) is 5.33 Å². The minimum atomic E-state index is -0.663. The van der Waals surface area contributed by atoms with Crippen molar-refractivity contribution < 1.29 is 5.11 Å². The quantitative estimate of drug-likeness (QED) is 0.628. The molecule has 0 saturated heterocycles. The van der Waals surface area contributed by atoms with Gasteiger partial charge in [-0.25, -0.2) is 0 Å². The largest absolute Gasteiger partial charge is 0.384 e. The third kappa shape index (κ3) is 1.46. The van der Waals surface area contributed by atoms with Crippen molar-refractivity contribution in [3.8, 4) is 0 Å². The molecule has 0 aliphatic heterocycles. The highest BCUT2D eigenvalue weighted by atomic mass is 79.9. The number of hydrogen-bond donors (Lipinski definition) is 2. The van der Waals surface area contributed by atoms with Crippen LogP contribution in [0.1, 0.15) is 11.9 Å². The van der Waals surface area contributed by atoms with E-state index in [0.29, 0.717) is 11.2 Å². The van der Waals surface area contributed by atoms with Crippen molar-refractivity contribution in [3.05, 3.63) is 5.82 Å².